The number of hydrogen-bond acceptors (Lipinski definition) is 5. The fourth-order valence-corrected chi connectivity index (χ4v) is 3.91. The molecule has 1 aliphatic heterocycles. The molecule has 0 radical (unpaired) electrons. The molecule has 1 aromatic heterocycles. The number of amides is 3. The van der Waals surface area contributed by atoms with Gasteiger partial charge in [-0.3, -0.25) is 19.4 Å². The summed E-state index contributed by atoms with van der Waals surface area (Å²) < 4.78 is 0. The molecule has 3 amide bonds. The Balaban J connectivity index is 1.49. The molecule has 1 atom stereocenters. The molecule has 1 aliphatic carbocycles. The average Bonchev–Trinajstić information content (AvgIpc) is 2.72. The summed E-state index contributed by atoms with van der Waals surface area (Å²) in [5, 5.41) is 9.83. The molecule has 1 saturated carbocycles. The van der Waals surface area contributed by atoms with Crippen LogP contribution in [0.15, 0.2) is 29.5 Å². The zero-order valence-corrected chi connectivity index (χ0v) is 16.1. The summed E-state index contributed by atoms with van der Waals surface area (Å²) in [5.41, 5.74) is 3.63. The standard InChI is InChI=1S/C20H27N5O3/c1-13(26)23-19(16-4-2-3-11-21-16)15-7-5-14(6-8-15)12-22-20(28)17-9-10-18(27)25-24-17/h2-4,11,14-15,19H,5-10,12H2,1H3,(H,22,28)(H,23,26)(H,25,27). The Morgan fingerprint density at radius 1 is 1.21 bits per heavy atom. The first-order valence-electron chi connectivity index (χ1n) is 9.84. The largest absolute Gasteiger partial charge is 0.351 e. The van der Waals surface area contributed by atoms with Crippen LogP contribution in [0.2, 0.25) is 0 Å². The van der Waals surface area contributed by atoms with Crippen molar-refractivity contribution in [2.45, 2.75) is 51.5 Å². The average molecular weight is 385 g/mol. The minimum absolute atomic E-state index is 0.0506. The molecular weight excluding hydrogens is 358 g/mol. The van der Waals surface area contributed by atoms with Crippen LogP contribution in [0.4, 0.5) is 0 Å². The van der Waals surface area contributed by atoms with E-state index in [0.29, 0.717) is 36.9 Å². The third-order valence-corrected chi connectivity index (χ3v) is 5.45. The molecule has 1 unspecified atom stereocenters. The van der Waals surface area contributed by atoms with Crippen molar-refractivity contribution >= 4 is 23.4 Å². The van der Waals surface area contributed by atoms with Crippen molar-refractivity contribution in [3.63, 3.8) is 0 Å². The van der Waals surface area contributed by atoms with Crippen LogP contribution in [0.5, 0.6) is 0 Å². The Bertz CT molecular complexity index is 741. The summed E-state index contributed by atoms with van der Waals surface area (Å²) in [5.74, 6) is 0.331. The van der Waals surface area contributed by atoms with Crippen molar-refractivity contribution in [1.82, 2.24) is 21.0 Å². The number of hydrogen-bond donors (Lipinski definition) is 3. The van der Waals surface area contributed by atoms with Gasteiger partial charge in [-0.05, 0) is 49.7 Å². The lowest BCUT2D eigenvalue weighted by molar-refractivity contribution is -0.122. The normalized spacial score (nSPS) is 23.2. The van der Waals surface area contributed by atoms with Crippen molar-refractivity contribution in [2.75, 3.05) is 6.54 Å². The number of aromatic nitrogens is 1. The van der Waals surface area contributed by atoms with E-state index in [9.17, 15) is 14.4 Å². The number of nitrogens with one attached hydrogen (secondary N) is 3. The molecule has 3 N–H and O–H groups in total. The number of hydrazone groups is 1. The molecule has 0 saturated heterocycles. The fraction of sp³-hybridized carbons (Fsp3) is 0.550. The molecule has 3 rings (SSSR count). The summed E-state index contributed by atoms with van der Waals surface area (Å²) in [7, 11) is 0. The van der Waals surface area contributed by atoms with Crippen LogP contribution in [-0.2, 0) is 14.4 Å². The van der Waals surface area contributed by atoms with Gasteiger partial charge in [0.25, 0.3) is 5.91 Å². The van der Waals surface area contributed by atoms with E-state index in [4.69, 9.17) is 0 Å². The van der Waals surface area contributed by atoms with Crippen LogP contribution in [0, 0.1) is 11.8 Å². The van der Waals surface area contributed by atoms with Crippen LogP contribution in [0.3, 0.4) is 0 Å². The molecule has 150 valence electrons. The Morgan fingerprint density at radius 2 is 2.00 bits per heavy atom. The number of nitrogens with zero attached hydrogens (tertiary/aromatic N) is 2. The second-order valence-electron chi connectivity index (χ2n) is 7.52. The summed E-state index contributed by atoms with van der Waals surface area (Å²) in [4.78, 5) is 39.4. The van der Waals surface area contributed by atoms with Crippen molar-refractivity contribution < 1.29 is 14.4 Å². The Kier molecular flexibility index (Phi) is 6.73. The third-order valence-electron chi connectivity index (χ3n) is 5.45. The smallest absolute Gasteiger partial charge is 0.267 e. The molecule has 2 aliphatic rings. The van der Waals surface area contributed by atoms with Gasteiger partial charge in [-0.15, -0.1) is 0 Å². The molecule has 1 fully saturated rings. The van der Waals surface area contributed by atoms with E-state index in [1.165, 1.54) is 6.92 Å². The highest BCUT2D eigenvalue weighted by molar-refractivity contribution is 6.39. The molecule has 8 nitrogen and oxygen atoms in total. The van der Waals surface area contributed by atoms with Crippen molar-refractivity contribution in [2.24, 2.45) is 16.9 Å². The topological polar surface area (TPSA) is 113 Å². The molecule has 0 spiro atoms. The van der Waals surface area contributed by atoms with Crippen LogP contribution in [0.25, 0.3) is 0 Å². The first-order chi connectivity index (χ1) is 13.5. The van der Waals surface area contributed by atoms with Gasteiger partial charge in [0.15, 0.2) is 0 Å². The van der Waals surface area contributed by atoms with E-state index in [1.54, 1.807) is 6.20 Å². The number of pyridine rings is 1. The Hall–Kier alpha value is -2.77. The SMILES string of the molecule is CC(=O)NC(c1ccccn1)C1CCC(CNC(=O)C2=NNC(=O)CC2)CC1. The van der Waals surface area contributed by atoms with E-state index in [1.807, 2.05) is 18.2 Å². The van der Waals surface area contributed by atoms with E-state index in [0.717, 1.165) is 31.4 Å². The Morgan fingerprint density at radius 3 is 2.61 bits per heavy atom. The minimum atomic E-state index is -0.202. The van der Waals surface area contributed by atoms with Crippen molar-refractivity contribution in [3.8, 4) is 0 Å². The summed E-state index contributed by atoms with van der Waals surface area (Å²) in [6, 6.07) is 5.69. The molecule has 0 bridgehead atoms. The van der Waals surface area contributed by atoms with E-state index >= 15 is 0 Å². The van der Waals surface area contributed by atoms with Crippen molar-refractivity contribution in [3.05, 3.63) is 30.1 Å². The number of carbonyl (C=O) groups excluding carboxylic acids is 3. The van der Waals surface area contributed by atoms with Gasteiger partial charge in [0, 0.05) is 32.5 Å². The highest BCUT2D eigenvalue weighted by atomic mass is 16.2. The lowest BCUT2D eigenvalue weighted by atomic mass is 9.77. The van der Waals surface area contributed by atoms with Gasteiger partial charge in [-0.2, -0.15) is 5.10 Å². The van der Waals surface area contributed by atoms with E-state index in [2.05, 4.69) is 26.1 Å². The quantitative estimate of drug-likeness (QED) is 0.688. The van der Waals surface area contributed by atoms with E-state index < -0.39 is 0 Å². The van der Waals surface area contributed by atoms with Crippen LogP contribution >= 0.6 is 0 Å². The summed E-state index contributed by atoms with van der Waals surface area (Å²) in [6.07, 6.45) is 6.34. The first-order valence-corrected chi connectivity index (χ1v) is 9.84. The van der Waals surface area contributed by atoms with Crippen LogP contribution < -0.4 is 16.1 Å². The molecule has 1 aromatic rings. The van der Waals surface area contributed by atoms with E-state index in [-0.39, 0.29) is 23.8 Å². The maximum atomic E-state index is 12.2. The van der Waals surface area contributed by atoms with Gasteiger partial charge >= 0.3 is 0 Å². The van der Waals surface area contributed by atoms with Gasteiger partial charge in [0.2, 0.25) is 11.8 Å². The molecule has 28 heavy (non-hydrogen) atoms. The first kappa shape index (κ1) is 20.0. The highest BCUT2D eigenvalue weighted by Gasteiger charge is 2.30. The molecular formula is C20H27N5O3. The summed E-state index contributed by atoms with van der Waals surface area (Å²) in [6.45, 7) is 2.14. The van der Waals surface area contributed by atoms with Gasteiger partial charge < -0.3 is 10.6 Å². The predicted molar refractivity (Wildman–Crippen MR) is 104 cm³/mol. The maximum Gasteiger partial charge on any atom is 0.267 e. The molecule has 0 aromatic carbocycles. The van der Waals surface area contributed by atoms with Gasteiger partial charge in [-0.1, -0.05) is 6.07 Å². The minimum Gasteiger partial charge on any atom is -0.351 e. The molecule has 8 heteroatoms. The highest BCUT2D eigenvalue weighted by Crippen LogP contribution is 2.36. The maximum absolute atomic E-state index is 12.2. The lowest BCUT2D eigenvalue weighted by Crippen LogP contribution is -2.40. The zero-order valence-electron chi connectivity index (χ0n) is 16.1. The third kappa shape index (κ3) is 5.37. The van der Waals surface area contributed by atoms with Crippen LogP contribution in [-0.4, -0.2) is 35.0 Å². The second-order valence-corrected chi connectivity index (χ2v) is 7.52. The number of rotatable bonds is 6. The predicted octanol–water partition coefficient (Wildman–Crippen LogP) is 1.45. The zero-order chi connectivity index (χ0) is 19.9. The molecule has 2 heterocycles. The Labute approximate surface area is 164 Å². The van der Waals surface area contributed by atoms with Gasteiger partial charge in [-0.25, -0.2) is 5.43 Å². The van der Waals surface area contributed by atoms with Gasteiger partial charge in [0.05, 0.1) is 11.7 Å². The van der Waals surface area contributed by atoms with Gasteiger partial charge in [0.1, 0.15) is 5.71 Å². The fourth-order valence-electron chi connectivity index (χ4n) is 3.91. The monoisotopic (exact) mass is 385 g/mol. The summed E-state index contributed by atoms with van der Waals surface area (Å²) >= 11 is 0. The van der Waals surface area contributed by atoms with Crippen LogP contribution in [0.1, 0.15) is 57.2 Å². The lowest BCUT2D eigenvalue weighted by Gasteiger charge is -2.34. The van der Waals surface area contributed by atoms with Crippen molar-refractivity contribution in [1.29, 1.82) is 0 Å². The second kappa shape index (κ2) is 9.43. The number of carbonyl (C=O) groups is 3.